The van der Waals surface area contributed by atoms with Crippen LogP contribution in [0.4, 0.5) is 5.69 Å². The zero-order valence-corrected chi connectivity index (χ0v) is 11.8. The fraction of sp³-hybridized carbons (Fsp3) is 0.600. The maximum atomic E-state index is 5.68. The third kappa shape index (κ3) is 3.47. The molecule has 0 aliphatic carbocycles. The van der Waals surface area contributed by atoms with Crippen molar-refractivity contribution < 1.29 is 0 Å². The Morgan fingerprint density at radius 1 is 1.18 bits per heavy atom. The molecule has 0 bridgehead atoms. The normalized spacial score (nSPS) is 12.9. The van der Waals surface area contributed by atoms with E-state index < -0.39 is 0 Å². The molecule has 2 N–H and O–H groups in total. The first-order valence-electron chi connectivity index (χ1n) is 6.48. The molecule has 1 rings (SSSR count). The number of hydrogen-bond acceptors (Lipinski definition) is 2. The molecule has 17 heavy (non-hydrogen) atoms. The summed E-state index contributed by atoms with van der Waals surface area (Å²) in [5.41, 5.74) is 9.83. The zero-order valence-electron chi connectivity index (χ0n) is 11.8. The Labute approximate surface area is 106 Å². The molecule has 0 heterocycles. The highest BCUT2D eigenvalue weighted by molar-refractivity contribution is 5.55. The number of nitrogens with zero attached hydrogens (tertiary/aromatic N) is 1. The van der Waals surface area contributed by atoms with Crippen LogP contribution in [0.2, 0.25) is 0 Å². The van der Waals surface area contributed by atoms with Crippen molar-refractivity contribution in [3.05, 3.63) is 29.3 Å². The molecule has 0 spiro atoms. The van der Waals surface area contributed by atoms with Crippen molar-refractivity contribution in [2.45, 2.75) is 39.0 Å². The monoisotopic (exact) mass is 234 g/mol. The number of anilines is 1. The predicted octanol–water partition coefficient (Wildman–Crippen LogP) is 3.33. The van der Waals surface area contributed by atoms with Gasteiger partial charge in [0.2, 0.25) is 0 Å². The minimum Gasteiger partial charge on any atom is -0.377 e. The van der Waals surface area contributed by atoms with Gasteiger partial charge < -0.3 is 10.6 Å². The van der Waals surface area contributed by atoms with Gasteiger partial charge in [0.25, 0.3) is 0 Å². The molecule has 96 valence electrons. The van der Waals surface area contributed by atoms with E-state index in [1.165, 1.54) is 16.8 Å². The van der Waals surface area contributed by atoms with Crippen molar-refractivity contribution in [1.29, 1.82) is 0 Å². The molecule has 1 unspecified atom stereocenters. The molecular formula is C15H26N2. The summed E-state index contributed by atoms with van der Waals surface area (Å²) in [4.78, 5) is 2.19. The highest BCUT2D eigenvalue weighted by atomic mass is 15.1. The van der Waals surface area contributed by atoms with Gasteiger partial charge in [-0.3, -0.25) is 0 Å². The Kier molecular flexibility index (Phi) is 5.01. The lowest BCUT2D eigenvalue weighted by atomic mass is 9.91. The van der Waals surface area contributed by atoms with Crippen LogP contribution in [0, 0.1) is 0 Å². The van der Waals surface area contributed by atoms with Crippen LogP contribution in [0.25, 0.3) is 0 Å². The Morgan fingerprint density at radius 2 is 1.82 bits per heavy atom. The van der Waals surface area contributed by atoms with Gasteiger partial charge in [0, 0.05) is 19.8 Å². The molecule has 1 atom stereocenters. The van der Waals surface area contributed by atoms with Gasteiger partial charge in [-0.2, -0.15) is 0 Å². The van der Waals surface area contributed by atoms with Gasteiger partial charge in [-0.25, -0.2) is 0 Å². The van der Waals surface area contributed by atoms with Gasteiger partial charge in [0.05, 0.1) is 0 Å². The quantitative estimate of drug-likeness (QED) is 0.846. The van der Waals surface area contributed by atoms with Crippen molar-refractivity contribution in [1.82, 2.24) is 0 Å². The summed E-state index contributed by atoms with van der Waals surface area (Å²) in [5.74, 6) is 1.10. The first-order chi connectivity index (χ1) is 7.97. The topological polar surface area (TPSA) is 29.3 Å². The molecule has 0 amide bonds. The van der Waals surface area contributed by atoms with Crippen LogP contribution in [0.1, 0.15) is 50.2 Å². The van der Waals surface area contributed by atoms with Crippen molar-refractivity contribution in [2.24, 2.45) is 5.73 Å². The average Bonchev–Trinajstić information content (AvgIpc) is 2.28. The summed E-state index contributed by atoms with van der Waals surface area (Å²) in [5, 5.41) is 0. The van der Waals surface area contributed by atoms with Gasteiger partial charge in [-0.05, 0) is 42.0 Å². The first kappa shape index (κ1) is 14.0. The van der Waals surface area contributed by atoms with Crippen molar-refractivity contribution in [3.63, 3.8) is 0 Å². The molecule has 2 nitrogen and oxygen atoms in total. The fourth-order valence-electron chi connectivity index (χ4n) is 2.14. The lowest BCUT2D eigenvalue weighted by Gasteiger charge is -2.23. The minimum atomic E-state index is 0.524. The van der Waals surface area contributed by atoms with E-state index in [0.29, 0.717) is 11.8 Å². The summed E-state index contributed by atoms with van der Waals surface area (Å²) >= 11 is 0. The van der Waals surface area contributed by atoms with E-state index in [9.17, 15) is 0 Å². The van der Waals surface area contributed by atoms with E-state index >= 15 is 0 Å². The number of nitrogens with two attached hydrogens (primary N) is 1. The maximum Gasteiger partial charge on any atom is 0.0396 e. The van der Waals surface area contributed by atoms with Crippen LogP contribution >= 0.6 is 0 Å². The van der Waals surface area contributed by atoms with Crippen molar-refractivity contribution in [3.8, 4) is 0 Å². The maximum absolute atomic E-state index is 5.68. The molecule has 0 aliphatic heterocycles. The predicted molar refractivity (Wildman–Crippen MR) is 76.9 cm³/mol. The highest BCUT2D eigenvalue weighted by Gasteiger charge is 2.13. The Morgan fingerprint density at radius 3 is 2.29 bits per heavy atom. The lowest BCUT2D eigenvalue weighted by molar-refractivity contribution is 0.686. The molecule has 1 aromatic carbocycles. The molecule has 0 fully saturated rings. The molecule has 0 aromatic heterocycles. The molecule has 0 saturated carbocycles. The van der Waals surface area contributed by atoms with Crippen LogP contribution in [0.15, 0.2) is 18.2 Å². The zero-order chi connectivity index (χ0) is 13.0. The largest absolute Gasteiger partial charge is 0.377 e. The fourth-order valence-corrected chi connectivity index (χ4v) is 2.14. The number of hydrogen-bond donors (Lipinski definition) is 1. The van der Waals surface area contributed by atoms with Crippen LogP contribution in [-0.4, -0.2) is 20.6 Å². The third-order valence-electron chi connectivity index (χ3n) is 3.33. The van der Waals surface area contributed by atoms with E-state index in [0.717, 1.165) is 13.0 Å². The SMILES string of the molecule is CC(C)c1ccc(N(C)C)c(C(C)CCN)c1. The highest BCUT2D eigenvalue weighted by Crippen LogP contribution is 2.31. The first-order valence-corrected chi connectivity index (χ1v) is 6.48. The van der Waals surface area contributed by atoms with E-state index in [1.54, 1.807) is 0 Å². The Balaban J connectivity index is 3.15. The van der Waals surface area contributed by atoms with E-state index in [4.69, 9.17) is 5.73 Å². The summed E-state index contributed by atoms with van der Waals surface area (Å²) < 4.78 is 0. The van der Waals surface area contributed by atoms with Gasteiger partial charge >= 0.3 is 0 Å². The summed E-state index contributed by atoms with van der Waals surface area (Å²) in [6, 6.07) is 6.82. The molecule has 1 aromatic rings. The van der Waals surface area contributed by atoms with Crippen LogP contribution < -0.4 is 10.6 Å². The lowest BCUT2D eigenvalue weighted by Crippen LogP contribution is -2.14. The van der Waals surface area contributed by atoms with Crippen molar-refractivity contribution in [2.75, 3.05) is 25.5 Å². The number of benzene rings is 1. The van der Waals surface area contributed by atoms with Gasteiger partial charge in [0.15, 0.2) is 0 Å². The molecule has 0 saturated heterocycles. The molecule has 0 radical (unpaired) electrons. The Bertz CT molecular complexity index is 356. The molecule has 0 aliphatic rings. The third-order valence-corrected chi connectivity index (χ3v) is 3.33. The second-order valence-corrected chi connectivity index (χ2v) is 5.35. The standard InChI is InChI=1S/C15H26N2/c1-11(2)13-6-7-15(17(4)5)14(10-13)12(3)8-9-16/h6-7,10-12H,8-9,16H2,1-5H3. The van der Waals surface area contributed by atoms with E-state index in [-0.39, 0.29) is 0 Å². The Hall–Kier alpha value is -1.02. The molecule has 2 heteroatoms. The van der Waals surface area contributed by atoms with Crippen LogP contribution in [-0.2, 0) is 0 Å². The van der Waals surface area contributed by atoms with Crippen LogP contribution in [0.5, 0.6) is 0 Å². The smallest absolute Gasteiger partial charge is 0.0396 e. The van der Waals surface area contributed by atoms with E-state index in [2.05, 4.69) is 58.0 Å². The average molecular weight is 234 g/mol. The van der Waals surface area contributed by atoms with E-state index in [1.807, 2.05) is 0 Å². The second-order valence-electron chi connectivity index (χ2n) is 5.35. The second kappa shape index (κ2) is 6.06. The van der Waals surface area contributed by atoms with Crippen molar-refractivity contribution >= 4 is 5.69 Å². The summed E-state index contributed by atoms with van der Waals surface area (Å²) in [6.45, 7) is 7.49. The van der Waals surface area contributed by atoms with Gasteiger partial charge in [-0.15, -0.1) is 0 Å². The van der Waals surface area contributed by atoms with Gasteiger partial charge in [0.1, 0.15) is 0 Å². The minimum absolute atomic E-state index is 0.524. The molecular weight excluding hydrogens is 208 g/mol. The summed E-state index contributed by atoms with van der Waals surface area (Å²) in [7, 11) is 4.20. The van der Waals surface area contributed by atoms with Gasteiger partial charge in [-0.1, -0.05) is 32.9 Å². The van der Waals surface area contributed by atoms with Crippen LogP contribution in [0.3, 0.4) is 0 Å². The number of rotatable bonds is 5. The summed E-state index contributed by atoms with van der Waals surface area (Å²) in [6.07, 6.45) is 1.04.